The SMILES string of the molecule is COc1ccc(-n2nnnc2SCC(=O)Nc2ccccc2C)cc1OC. The molecule has 3 aromatic rings. The number of nitrogens with one attached hydrogen (secondary N) is 1. The Morgan fingerprint density at radius 2 is 1.93 bits per heavy atom. The molecule has 2 aromatic carbocycles. The van der Waals surface area contributed by atoms with Gasteiger partial charge in [-0.05, 0) is 41.1 Å². The lowest BCUT2D eigenvalue weighted by Crippen LogP contribution is -2.15. The smallest absolute Gasteiger partial charge is 0.234 e. The minimum Gasteiger partial charge on any atom is -0.493 e. The molecule has 0 bridgehead atoms. The van der Waals surface area contributed by atoms with Crippen LogP contribution in [-0.4, -0.2) is 46.1 Å². The highest BCUT2D eigenvalue weighted by Crippen LogP contribution is 2.30. The molecule has 0 aliphatic heterocycles. The molecule has 0 aliphatic rings. The van der Waals surface area contributed by atoms with Crippen LogP contribution in [0.4, 0.5) is 5.69 Å². The molecule has 27 heavy (non-hydrogen) atoms. The van der Waals surface area contributed by atoms with Crippen molar-refractivity contribution >= 4 is 23.4 Å². The van der Waals surface area contributed by atoms with Gasteiger partial charge >= 0.3 is 0 Å². The summed E-state index contributed by atoms with van der Waals surface area (Å²) in [5.41, 5.74) is 2.51. The molecule has 0 radical (unpaired) electrons. The van der Waals surface area contributed by atoms with Crippen LogP contribution in [0.25, 0.3) is 5.69 Å². The number of carbonyl (C=O) groups excluding carboxylic acids is 1. The van der Waals surface area contributed by atoms with Crippen molar-refractivity contribution in [2.75, 3.05) is 25.3 Å². The normalized spacial score (nSPS) is 10.5. The van der Waals surface area contributed by atoms with Gasteiger partial charge in [0, 0.05) is 11.8 Å². The number of amides is 1. The molecule has 9 heteroatoms. The fraction of sp³-hybridized carbons (Fsp3) is 0.222. The third-order valence-electron chi connectivity index (χ3n) is 3.80. The van der Waals surface area contributed by atoms with Crippen molar-refractivity contribution in [3.63, 3.8) is 0 Å². The van der Waals surface area contributed by atoms with E-state index >= 15 is 0 Å². The van der Waals surface area contributed by atoms with E-state index in [0.717, 1.165) is 11.3 Å². The van der Waals surface area contributed by atoms with Gasteiger partial charge in [-0.1, -0.05) is 30.0 Å². The molecule has 0 fully saturated rings. The van der Waals surface area contributed by atoms with E-state index in [1.165, 1.54) is 11.8 Å². The largest absolute Gasteiger partial charge is 0.493 e. The third kappa shape index (κ3) is 4.37. The van der Waals surface area contributed by atoms with Gasteiger partial charge in [0.15, 0.2) is 11.5 Å². The molecule has 140 valence electrons. The second-order valence-electron chi connectivity index (χ2n) is 5.56. The number of anilines is 1. The van der Waals surface area contributed by atoms with E-state index in [1.807, 2.05) is 37.3 Å². The van der Waals surface area contributed by atoms with Gasteiger partial charge in [0.25, 0.3) is 0 Å². The van der Waals surface area contributed by atoms with Crippen molar-refractivity contribution in [3.8, 4) is 17.2 Å². The Balaban J connectivity index is 1.70. The van der Waals surface area contributed by atoms with Gasteiger partial charge in [-0.15, -0.1) is 5.10 Å². The molecule has 0 spiro atoms. The lowest BCUT2D eigenvalue weighted by atomic mass is 10.2. The number of thioether (sulfide) groups is 1. The third-order valence-corrected chi connectivity index (χ3v) is 4.72. The number of rotatable bonds is 7. The molecular weight excluding hydrogens is 366 g/mol. The quantitative estimate of drug-likeness (QED) is 0.625. The second kappa shape index (κ2) is 8.54. The summed E-state index contributed by atoms with van der Waals surface area (Å²) in [7, 11) is 3.13. The highest BCUT2D eigenvalue weighted by Gasteiger charge is 2.14. The molecular formula is C18H19N5O3S. The summed E-state index contributed by atoms with van der Waals surface area (Å²) in [5.74, 6) is 1.23. The Kier molecular flexibility index (Phi) is 5.92. The lowest BCUT2D eigenvalue weighted by Gasteiger charge is -2.10. The van der Waals surface area contributed by atoms with Crippen LogP contribution < -0.4 is 14.8 Å². The van der Waals surface area contributed by atoms with Crippen LogP contribution in [0.3, 0.4) is 0 Å². The van der Waals surface area contributed by atoms with Crippen LogP contribution in [0.1, 0.15) is 5.56 Å². The van der Waals surface area contributed by atoms with Gasteiger partial charge < -0.3 is 14.8 Å². The van der Waals surface area contributed by atoms with E-state index in [4.69, 9.17) is 9.47 Å². The van der Waals surface area contributed by atoms with Gasteiger partial charge in [0.2, 0.25) is 11.1 Å². The summed E-state index contributed by atoms with van der Waals surface area (Å²) in [5, 5.41) is 15.1. The van der Waals surface area contributed by atoms with Crippen LogP contribution in [-0.2, 0) is 4.79 Å². The van der Waals surface area contributed by atoms with Crippen molar-refractivity contribution in [3.05, 3.63) is 48.0 Å². The van der Waals surface area contributed by atoms with Crippen LogP contribution in [0, 0.1) is 6.92 Å². The Bertz CT molecular complexity index is 944. The minimum absolute atomic E-state index is 0.129. The first kappa shape index (κ1) is 18.7. The molecule has 0 unspecified atom stereocenters. The Labute approximate surface area is 160 Å². The minimum atomic E-state index is -0.129. The number of para-hydroxylation sites is 1. The first-order valence-corrected chi connectivity index (χ1v) is 9.10. The van der Waals surface area contributed by atoms with Crippen molar-refractivity contribution < 1.29 is 14.3 Å². The highest BCUT2D eigenvalue weighted by atomic mass is 32.2. The number of aromatic nitrogens is 4. The highest BCUT2D eigenvalue weighted by molar-refractivity contribution is 7.99. The topological polar surface area (TPSA) is 91.2 Å². The van der Waals surface area contributed by atoms with Crippen LogP contribution in [0.2, 0.25) is 0 Å². The predicted octanol–water partition coefficient (Wildman–Crippen LogP) is 2.72. The summed E-state index contributed by atoms with van der Waals surface area (Å²) < 4.78 is 12.1. The zero-order valence-electron chi connectivity index (χ0n) is 15.2. The maximum atomic E-state index is 12.2. The van der Waals surface area contributed by atoms with E-state index in [2.05, 4.69) is 20.8 Å². The fourth-order valence-electron chi connectivity index (χ4n) is 2.42. The number of carbonyl (C=O) groups is 1. The van der Waals surface area contributed by atoms with Gasteiger partial charge in [-0.25, -0.2) is 0 Å². The number of nitrogens with zero attached hydrogens (tertiary/aromatic N) is 4. The number of hydrogen-bond donors (Lipinski definition) is 1. The van der Waals surface area contributed by atoms with E-state index in [0.29, 0.717) is 22.3 Å². The molecule has 1 amide bonds. The van der Waals surface area contributed by atoms with Gasteiger partial charge in [-0.2, -0.15) is 4.68 Å². The van der Waals surface area contributed by atoms with E-state index in [1.54, 1.807) is 31.0 Å². The Hall–Kier alpha value is -3.07. The number of methoxy groups -OCH3 is 2. The number of aryl methyl sites for hydroxylation is 1. The van der Waals surface area contributed by atoms with Gasteiger partial charge in [0.05, 0.1) is 25.7 Å². The summed E-state index contributed by atoms with van der Waals surface area (Å²) in [6.45, 7) is 1.94. The summed E-state index contributed by atoms with van der Waals surface area (Å²) in [6, 6.07) is 13.0. The zero-order chi connectivity index (χ0) is 19.2. The van der Waals surface area contributed by atoms with Crippen LogP contribution >= 0.6 is 11.8 Å². The maximum Gasteiger partial charge on any atom is 0.234 e. The zero-order valence-corrected chi connectivity index (χ0v) is 16.0. The Morgan fingerprint density at radius 1 is 1.15 bits per heavy atom. The first-order chi connectivity index (χ1) is 13.1. The van der Waals surface area contributed by atoms with Crippen molar-refractivity contribution in [2.45, 2.75) is 12.1 Å². The van der Waals surface area contributed by atoms with E-state index in [-0.39, 0.29) is 11.7 Å². The number of hydrogen-bond acceptors (Lipinski definition) is 7. The summed E-state index contributed by atoms with van der Waals surface area (Å²) >= 11 is 1.25. The van der Waals surface area contributed by atoms with Gasteiger partial charge in [0.1, 0.15) is 0 Å². The number of benzene rings is 2. The van der Waals surface area contributed by atoms with Gasteiger partial charge in [-0.3, -0.25) is 4.79 Å². The number of tetrazole rings is 1. The van der Waals surface area contributed by atoms with Crippen LogP contribution in [0.5, 0.6) is 11.5 Å². The summed E-state index contributed by atoms with van der Waals surface area (Å²) in [4.78, 5) is 12.2. The lowest BCUT2D eigenvalue weighted by molar-refractivity contribution is -0.113. The van der Waals surface area contributed by atoms with Crippen molar-refractivity contribution in [2.24, 2.45) is 0 Å². The standard InChI is InChI=1S/C18H19N5O3S/c1-12-6-4-5-7-14(12)19-17(24)11-27-18-20-21-22-23(18)13-8-9-15(25-2)16(10-13)26-3/h4-10H,11H2,1-3H3,(H,19,24). The molecule has 1 aromatic heterocycles. The Morgan fingerprint density at radius 3 is 2.67 bits per heavy atom. The predicted molar refractivity (Wildman–Crippen MR) is 103 cm³/mol. The maximum absolute atomic E-state index is 12.2. The molecule has 0 saturated carbocycles. The van der Waals surface area contributed by atoms with Crippen molar-refractivity contribution in [1.82, 2.24) is 20.2 Å². The molecule has 0 atom stereocenters. The van der Waals surface area contributed by atoms with Crippen LogP contribution in [0.15, 0.2) is 47.6 Å². The van der Waals surface area contributed by atoms with E-state index < -0.39 is 0 Å². The molecule has 0 aliphatic carbocycles. The molecule has 3 rings (SSSR count). The first-order valence-electron chi connectivity index (χ1n) is 8.11. The molecule has 8 nitrogen and oxygen atoms in total. The van der Waals surface area contributed by atoms with E-state index in [9.17, 15) is 4.79 Å². The monoisotopic (exact) mass is 385 g/mol. The summed E-state index contributed by atoms with van der Waals surface area (Å²) in [6.07, 6.45) is 0. The fourth-order valence-corrected chi connectivity index (χ4v) is 3.11. The molecule has 1 heterocycles. The average molecular weight is 385 g/mol. The average Bonchev–Trinajstić information content (AvgIpc) is 3.16. The number of ether oxygens (including phenoxy) is 2. The molecule has 0 saturated heterocycles. The molecule has 1 N–H and O–H groups in total. The van der Waals surface area contributed by atoms with Crippen molar-refractivity contribution in [1.29, 1.82) is 0 Å². The second-order valence-corrected chi connectivity index (χ2v) is 6.51.